The number of nitrogens with one attached hydrogen (secondary N) is 1. The molecule has 0 aliphatic carbocycles. The lowest BCUT2D eigenvalue weighted by atomic mass is 10.2. The van der Waals surface area contributed by atoms with Crippen LogP contribution in [0.3, 0.4) is 0 Å². The van der Waals surface area contributed by atoms with E-state index in [0.29, 0.717) is 29.4 Å². The number of halogens is 1. The minimum atomic E-state index is -3.85. The number of hydrogen-bond acceptors (Lipinski definition) is 4. The topological polar surface area (TPSA) is 88.5 Å². The average molecular weight is 410 g/mol. The van der Waals surface area contributed by atoms with Gasteiger partial charge in [-0.05, 0) is 49.6 Å². The molecular formula is C18H20ClN3O4S. The number of pyridine rings is 1. The third-order valence-corrected chi connectivity index (χ3v) is 6.84. The van der Waals surface area contributed by atoms with E-state index in [1.165, 1.54) is 22.6 Å². The molecule has 1 aliphatic heterocycles. The fraction of sp³-hybridized carbons (Fsp3) is 0.333. The minimum absolute atomic E-state index is 0.297. The van der Waals surface area contributed by atoms with Crippen LogP contribution < -0.4 is 10.9 Å². The first kappa shape index (κ1) is 19.6. The fourth-order valence-electron chi connectivity index (χ4n) is 2.99. The van der Waals surface area contributed by atoms with E-state index >= 15 is 0 Å². The second-order valence-corrected chi connectivity index (χ2v) is 8.69. The maximum Gasteiger partial charge on any atom is 0.271 e. The molecule has 0 bridgehead atoms. The smallest absolute Gasteiger partial charge is 0.271 e. The minimum Gasteiger partial charge on any atom is -0.324 e. The molecule has 9 heteroatoms. The van der Waals surface area contributed by atoms with E-state index in [1.54, 1.807) is 25.1 Å². The molecule has 2 aromatic rings. The van der Waals surface area contributed by atoms with Crippen LogP contribution in [0.1, 0.15) is 18.4 Å². The van der Waals surface area contributed by atoms with Gasteiger partial charge in [0.15, 0.2) is 0 Å². The second kappa shape index (κ2) is 7.84. The number of sulfonamides is 1. The molecule has 1 N–H and O–H groups in total. The third kappa shape index (κ3) is 4.07. The van der Waals surface area contributed by atoms with E-state index < -0.39 is 21.5 Å². The lowest BCUT2D eigenvalue weighted by molar-refractivity contribution is -0.116. The van der Waals surface area contributed by atoms with Crippen LogP contribution >= 0.6 is 11.6 Å². The molecular weight excluding hydrogens is 390 g/mol. The van der Waals surface area contributed by atoms with Crippen molar-refractivity contribution in [1.82, 2.24) is 8.87 Å². The monoisotopic (exact) mass is 409 g/mol. The van der Waals surface area contributed by atoms with E-state index in [-0.39, 0.29) is 11.4 Å². The van der Waals surface area contributed by atoms with Gasteiger partial charge in [-0.25, -0.2) is 8.42 Å². The summed E-state index contributed by atoms with van der Waals surface area (Å²) in [5.74, 6) is -0.446. The average Bonchev–Trinajstić information content (AvgIpc) is 3.16. The summed E-state index contributed by atoms with van der Waals surface area (Å²) < 4.78 is 27.7. The van der Waals surface area contributed by atoms with Crippen molar-refractivity contribution < 1.29 is 13.2 Å². The highest BCUT2D eigenvalue weighted by atomic mass is 35.5. The molecule has 1 aromatic heterocycles. The number of anilines is 1. The molecule has 2 heterocycles. The Bertz CT molecular complexity index is 1030. The van der Waals surface area contributed by atoms with Crippen molar-refractivity contribution in [3.05, 3.63) is 57.5 Å². The van der Waals surface area contributed by atoms with Crippen LogP contribution in [-0.2, 0) is 21.4 Å². The number of rotatable bonds is 5. The molecule has 27 heavy (non-hydrogen) atoms. The Morgan fingerprint density at radius 1 is 1.19 bits per heavy atom. The number of carbonyl (C=O) groups excluding carboxylic acids is 1. The molecule has 144 valence electrons. The molecule has 1 aromatic carbocycles. The van der Waals surface area contributed by atoms with Crippen LogP contribution in [0.5, 0.6) is 0 Å². The summed E-state index contributed by atoms with van der Waals surface area (Å²) in [5, 5.41) is 3.21. The number of amides is 1. The van der Waals surface area contributed by atoms with Gasteiger partial charge in [0.2, 0.25) is 15.9 Å². The number of carbonyl (C=O) groups is 1. The van der Waals surface area contributed by atoms with Crippen LogP contribution in [0.4, 0.5) is 5.69 Å². The molecule has 1 fully saturated rings. The maximum absolute atomic E-state index is 12.7. The maximum atomic E-state index is 12.7. The van der Waals surface area contributed by atoms with Crippen LogP contribution in [-0.4, -0.2) is 36.3 Å². The van der Waals surface area contributed by atoms with Gasteiger partial charge < -0.3 is 9.88 Å². The van der Waals surface area contributed by atoms with Crippen LogP contribution in [0.15, 0.2) is 46.2 Å². The summed E-state index contributed by atoms with van der Waals surface area (Å²) in [6.07, 6.45) is 2.96. The van der Waals surface area contributed by atoms with Crippen molar-refractivity contribution in [3.8, 4) is 0 Å². The summed E-state index contributed by atoms with van der Waals surface area (Å²) >= 11 is 6.04. The largest absolute Gasteiger partial charge is 0.324 e. The van der Waals surface area contributed by atoms with Crippen molar-refractivity contribution in [3.63, 3.8) is 0 Å². The highest BCUT2D eigenvalue weighted by Gasteiger charge is 2.30. The van der Waals surface area contributed by atoms with E-state index in [0.717, 1.165) is 17.4 Å². The first-order valence-corrected chi connectivity index (χ1v) is 10.4. The molecule has 0 saturated carbocycles. The van der Waals surface area contributed by atoms with Gasteiger partial charge in [0, 0.05) is 30.0 Å². The molecule has 3 rings (SSSR count). The predicted octanol–water partition coefficient (Wildman–Crippen LogP) is 2.23. The zero-order valence-corrected chi connectivity index (χ0v) is 16.4. The quantitative estimate of drug-likeness (QED) is 0.820. The first-order valence-electron chi connectivity index (χ1n) is 8.55. The summed E-state index contributed by atoms with van der Waals surface area (Å²) in [6, 6.07) is 7.87. The van der Waals surface area contributed by atoms with Crippen LogP contribution in [0.25, 0.3) is 0 Å². The molecule has 0 radical (unpaired) electrons. The summed E-state index contributed by atoms with van der Waals surface area (Å²) in [5.41, 5.74) is 0.550. The van der Waals surface area contributed by atoms with Crippen molar-refractivity contribution in [2.24, 2.45) is 0 Å². The van der Waals surface area contributed by atoms with Gasteiger partial charge >= 0.3 is 0 Å². The number of aromatic nitrogens is 1. The molecule has 0 atom stereocenters. The van der Waals surface area contributed by atoms with Gasteiger partial charge in [-0.2, -0.15) is 4.31 Å². The Labute approximate surface area is 162 Å². The zero-order valence-electron chi connectivity index (χ0n) is 14.8. The van der Waals surface area contributed by atoms with Crippen molar-refractivity contribution in [2.45, 2.75) is 31.2 Å². The van der Waals surface area contributed by atoms with Gasteiger partial charge in [-0.15, -0.1) is 0 Å². The van der Waals surface area contributed by atoms with Crippen LogP contribution in [0, 0.1) is 6.92 Å². The Balaban J connectivity index is 1.83. The summed E-state index contributed by atoms with van der Waals surface area (Å²) in [7, 11) is -3.85. The van der Waals surface area contributed by atoms with Crippen molar-refractivity contribution in [1.29, 1.82) is 0 Å². The van der Waals surface area contributed by atoms with Crippen LogP contribution in [0.2, 0.25) is 5.02 Å². The van der Waals surface area contributed by atoms with E-state index in [1.807, 2.05) is 0 Å². The van der Waals surface area contributed by atoms with Gasteiger partial charge in [-0.3, -0.25) is 9.59 Å². The second-order valence-electron chi connectivity index (χ2n) is 6.38. The first-order chi connectivity index (χ1) is 12.8. The Hall–Kier alpha value is -2.16. The standard InChI is InChI=1S/C18H20ClN3O4S/c1-13-14(19)6-4-7-15(13)20-17(23)12-21-9-5-8-16(18(21)24)27(25,26)22-10-2-3-11-22/h4-9H,2-3,10-12H2,1H3,(H,20,23). The highest BCUT2D eigenvalue weighted by molar-refractivity contribution is 7.89. The van der Waals surface area contributed by atoms with Gasteiger partial charge in [0.25, 0.3) is 5.56 Å². The SMILES string of the molecule is Cc1c(Cl)cccc1NC(=O)Cn1cccc(S(=O)(=O)N2CCCC2)c1=O. The normalized spacial score (nSPS) is 15.0. The zero-order chi connectivity index (χ0) is 19.6. The van der Waals surface area contributed by atoms with E-state index in [9.17, 15) is 18.0 Å². The lowest BCUT2D eigenvalue weighted by Gasteiger charge is -2.16. The highest BCUT2D eigenvalue weighted by Crippen LogP contribution is 2.23. The Kier molecular flexibility index (Phi) is 5.69. The predicted molar refractivity (Wildman–Crippen MR) is 104 cm³/mol. The number of hydrogen-bond donors (Lipinski definition) is 1. The lowest BCUT2D eigenvalue weighted by Crippen LogP contribution is -2.36. The van der Waals surface area contributed by atoms with Crippen molar-refractivity contribution >= 4 is 33.2 Å². The molecule has 7 nitrogen and oxygen atoms in total. The van der Waals surface area contributed by atoms with E-state index in [2.05, 4.69) is 5.32 Å². The Morgan fingerprint density at radius 3 is 2.59 bits per heavy atom. The molecule has 1 amide bonds. The third-order valence-electron chi connectivity index (χ3n) is 4.52. The molecule has 0 spiro atoms. The summed E-state index contributed by atoms with van der Waals surface area (Å²) in [6.45, 7) is 2.29. The Morgan fingerprint density at radius 2 is 1.89 bits per heavy atom. The molecule has 1 saturated heterocycles. The fourth-order valence-corrected chi connectivity index (χ4v) is 4.77. The van der Waals surface area contributed by atoms with E-state index in [4.69, 9.17) is 11.6 Å². The van der Waals surface area contributed by atoms with Gasteiger partial charge in [-0.1, -0.05) is 17.7 Å². The van der Waals surface area contributed by atoms with Gasteiger partial charge in [0.05, 0.1) is 0 Å². The molecule has 0 unspecified atom stereocenters. The number of nitrogens with zero attached hydrogens (tertiary/aromatic N) is 2. The van der Waals surface area contributed by atoms with Gasteiger partial charge in [0.1, 0.15) is 11.4 Å². The summed E-state index contributed by atoms with van der Waals surface area (Å²) in [4.78, 5) is 24.7. The number of benzene rings is 1. The molecule has 1 aliphatic rings. The van der Waals surface area contributed by atoms with Crippen molar-refractivity contribution in [2.75, 3.05) is 18.4 Å².